The van der Waals surface area contributed by atoms with Gasteiger partial charge in [0.25, 0.3) is 0 Å². The van der Waals surface area contributed by atoms with Crippen molar-refractivity contribution in [2.75, 3.05) is 13.7 Å². The molecule has 1 aromatic heterocycles. The number of benzene rings is 1. The number of H-pyrrole nitrogens is 1. The third kappa shape index (κ3) is 4.61. The number of hydrogen-bond acceptors (Lipinski definition) is 6. The molecule has 0 aliphatic carbocycles. The first-order valence-corrected chi connectivity index (χ1v) is 8.03. The van der Waals surface area contributed by atoms with Crippen molar-refractivity contribution in [1.29, 1.82) is 0 Å². The molecule has 0 atom stereocenters. The van der Waals surface area contributed by atoms with E-state index in [1.807, 2.05) is 6.08 Å². The highest BCUT2D eigenvalue weighted by Crippen LogP contribution is 2.06. The van der Waals surface area contributed by atoms with Crippen molar-refractivity contribution in [3.8, 4) is 0 Å². The zero-order chi connectivity index (χ0) is 16.8. The van der Waals surface area contributed by atoms with Crippen LogP contribution in [0.25, 0.3) is 12.2 Å². The van der Waals surface area contributed by atoms with E-state index in [2.05, 4.69) is 9.72 Å². The third-order valence-electron chi connectivity index (χ3n) is 2.88. The Kier molecular flexibility index (Phi) is 5.84. The lowest BCUT2D eigenvalue weighted by atomic mass is 10.1. The zero-order valence-corrected chi connectivity index (χ0v) is 14.3. The van der Waals surface area contributed by atoms with E-state index in [-0.39, 0.29) is 5.97 Å². The van der Waals surface area contributed by atoms with E-state index in [4.69, 9.17) is 17.0 Å². The van der Waals surface area contributed by atoms with Crippen LogP contribution in [-0.4, -0.2) is 30.6 Å². The van der Waals surface area contributed by atoms with Crippen molar-refractivity contribution in [1.82, 2.24) is 4.98 Å². The summed E-state index contributed by atoms with van der Waals surface area (Å²) >= 11 is 6.49. The Morgan fingerprint density at radius 1 is 1.30 bits per heavy atom. The van der Waals surface area contributed by atoms with Crippen LogP contribution in [0.5, 0.6) is 0 Å². The summed E-state index contributed by atoms with van der Waals surface area (Å²) in [5.74, 6) is -0.808. The summed E-state index contributed by atoms with van der Waals surface area (Å²) in [4.78, 5) is 26.0. The first-order chi connectivity index (χ1) is 11.0. The largest absolute Gasteiger partial charge is 0.465 e. The molecule has 0 saturated carbocycles. The van der Waals surface area contributed by atoms with E-state index in [1.165, 1.54) is 24.5 Å². The molecule has 0 fully saturated rings. The molecule has 23 heavy (non-hydrogen) atoms. The number of thiazole rings is 1. The van der Waals surface area contributed by atoms with Crippen LogP contribution in [0.2, 0.25) is 0 Å². The summed E-state index contributed by atoms with van der Waals surface area (Å²) < 4.78 is 10.9. The van der Waals surface area contributed by atoms with E-state index in [1.54, 1.807) is 31.2 Å². The lowest BCUT2D eigenvalue weighted by molar-refractivity contribution is -0.135. The molecule has 2 aromatic rings. The highest BCUT2D eigenvalue weighted by Gasteiger charge is 2.04. The lowest BCUT2D eigenvalue weighted by Crippen LogP contribution is -2.23. The number of esters is 2. The number of aromatic nitrogens is 1. The van der Waals surface area contributed by atoms with Crippen molar-refractivity contribution < 1.29 is 19.1 Å². The molecule has 120 valence electrons. The molecule has 0 bridgehead atoms. The van der Waals surface area contributed by atoms with Crippen LogP contribution in [0.15, 0.2) is 24.3 Å². The van der Waals surface area contributed by atoms with Gasteiger partial charge in [-0.3, -0.25) is 0 Å². The maximum Gasteiger partial charge on any atom is 0.337 e. The average molecular weight is 349 g/mol. The van der Waals surface area contributed by atoms with Crippen LogP contribution in [-0.2, 0) is 14.3 Å². The summed E-state index contributed by atoms with van der Waals surface area (Å²) in [6.07, 6.45) is 3.26. The van der Waals surface area contributed by atoms with Crippen molar-refractivity contribution in [3.05, 3.63) is 49.2 Å². The van der Waals surface area contributed by atoms with E-state index >= 15 is 0 Å². The van der Waals surface area contributed by atoms with Gasteiger partial charge in [-0.25, -0.2) is 9.59 Å². The number of rotatable bonds is 4. The number of hydrogen-bond donors (Lipinski definition) is 1. The van der Waals surface area contributed by atoms with Crippen molar-refractivity contribution in [2.24, 2.45) is 0 Å². The number of aromatic amines is 1. The predicted molar refractivity (Wildman–Crippen MR) is 91.2 cm³/mol. The zero-order valence-electron chi connectivity index (χ0n) is 12.6. The number of carbonyl (C=O) groups excluding carboxylic acids is 2. The van der Waals surface area contributed by atoms with Crippen LogP contribution >= 0.6 is 23.6 Å². The van der Waals surface area contributed by atoms with Crippen molar-refractivity contribution in [3.63, 3.8) is 0 Å². The Bertz CT molecular complexity index is 878. The Morgan fingerprint density at radius 2 is 2.00 bits per heavy atom. The highest BCUT2D eigenvalue weighted by atomic mass is 32.1. The number of ether oxygens (including phenoxy) is 2. The maximum atomic E-state index is 11.6. The van der Waals surface area contributed by atoms with E-state index < -0.39 is 5.97 Å². The minimum atomic E-state index is -0.424. The third-order valence-corrected chi connectivity index (χ3v) is 4.08. The topological polar surface area (TPSA) is 68.4 Å². The first kappa shape index (κ1) is 17.1. The summed E-state index contributed by atoms with van der Waals surface area (Å²) in [6, 6.07) is 6.95. The molecular formula is C16H15NO4S2. The monoisotopic (exact) mass is 349 g/mol. The molecule has 0 amide bonds. The minimum Gasteiger partial charge on any atom is -0.465 e. The number of nitrogens with one attached hydrogen (secondary N) is 1. The molecule has 1 aromatic carbocycles. The second-order valence-electron chi connectivity index (χ2n) is 4.45. The second kappa shape index (κ2) is 7.85. The van der Waals surface area contributed by atoms with Gasteiger partial charge >= 0.3 is 11.9 Å². The predicted octanol–water partition coefficient (Wildman–Crippen LogP) is 1.76. The molecule has 0 unspecified atom stereocenters. The van der Waals surface area contributed by atoms with Gasteiger partial charge in [0.05, 0.1) is 29.2 Å². The Labute approximate surface area is 141 Å². The maximum absolute atomic E-state index is 11.6. The van der Waals surface area contributed by atoms with Gasteiger partial charge in [-0.05, 0) is 42.9 Å². The van der Waals surface area contributed by atoms with Gasteiger partial charge in [0.15, 0.2) is 3.95 Å². The van der Waals surface area contributed by atoms with Gasteiger partial charge < -0.3 is 14.5 Å². The molecule has 1 N–H and O–H groups in total. The molecule has 7 heteroatoms. The van der Waals surface area contributed by atoms with Gasteiger partial charge in [0.1, 0.15) is 0 Å². The van der Waals surface area contributed by atoms with Gasteiger partial charge in [0.2, 0.25) is 0 Å². The summed E-state index contributed by atoms with van der Waals surface area (Å²) in [7, 11) is 1.34. The quantitative estimate of drug-likeness (QED) is 0.673. The molecular weight excluding hydrogens is 334 g/mol. The summed E-state index contributed by atoms with van der Waals surface area (Å²) in [5, 5.41) is 0.607. The molecule has 0 radical (unpaired) electrons. The van der Waals surface area contributed by atoms with Crippen LogP contribution < -0.4 is 9.88 Å². The molecule has 1 heterocycles. The molecule has 0 saturated heterocycles. The van der Waals surface area contributed by atoms with Crippen LogP contribution in [0.1, 0.15) is 22.8 Å². The van der Waals surface area contributed by atoms with E-state index in [0.29, 0.717) is 21.5 Å². The van der Waals surface area contributed by atoms with Crippen molar-refractivity contribution >= 4 is 47.6 Å². The Morgan fingerprint density at radius 3 is 2.61 bits per heavy atom. The molecule has 0 aliphatic rings. The molecule has 0 aliphatic heterocycles. The molecule has 2 rings (SSSR count). The minimum absolute atomic E-state index is 0.314. The Hall–Kier alpha value is -2.25. The van der Waals surface area contributed by atoms with E-state index in [9.17, 15) is 9.59 Å². The fourth-order valence-electron chi connectivity index (χ4n) is 1.85. The molecule has 0 spiro atoms. The number of carbonyl (C=O) groups is 2. The van der Waals surface area contributed by atoms with Crippen LogP contribution in [0, 0.1) is 3.95 Å². The lowest BCUT2D eigenvalue weighted by Gasteiger charge is -1.99. The normalized spacial score (nSPS) is 12.3. The average Bonchev–Trinajstić information content (AvgIpc) is 2.86. The number of methoxy groups -OCH3 is 1. The van der Waals surface area contributed by atoms with Crippen LogP contribution in [0.3, 0.4) is 0 Å². The standard InChI is InChI=1S/C16H15NO4S2/c1-3-21-14(18)9-12-13(23-16(22)17-12)8-10-4-6-11(7-5-10)15(19)20-2/h4-9H,3H2,1-2H3,(H,17,22)/b12-9-,13-8-. The molecule has 5 nitrogen and oxygen atoms in total. The summed E-state index contributed by atoms with van der Waals surface area (Å²) in [5.41, 5.74) is 1.35. The summed E-state index contributed by atoms with van der Waals surface area (Å²) in [6.45, 7) is 2.06. The first-order valence-electron chi connectivity index (χ1n) is 6.81. The SMILES string of the molecule is CCOC(=O)/C=c1\[nH]c(=S)s\c1=C/c1ccc(C(=O)OC)cc1. The van der Waals surface area contributed by atoms with Gasteiger partial charge in [-0.15, -0.1) is 11.3 Å². The fourth-order valence-corrected chi connectivity index (χ4v) is 3.01. The Balaban J connectivity index is 2.42. The van der Waals surface area contributed by atoms with Crippen molar-refractivity contribution in [2.45, 2.75) is 6.92 Å². The second-order valence-corrected chi connectivity index (χ2v) is 6.17. The van der Waals surface area contributed by atoms with Gasteiger partial charge in [0, 0.05) is 6.08 Å². The van der Waals surface area contributed by atoms with Gasteiger partial charge in [-0.2, -0.15) is 0 Å². The van der Waals surface area contributed by atoms with Crippen LogP contribution in [0.4, 0.5) is 0 Å². The van der Waals surface area contributed by atoms with E-state index in [0.717, 1.165) is 10.1 Å². The smallest absolute Gasteiger partial charge is 0.337 e. The fraction of sp³-hybridized carbons (Fsp3) is 0.188. The van der Waals surface area contributed by atoms with Gasteiger partial charge in [-0.1, -0.05) is 12.1 Å². The highest BCUT2D eigenvalue weighted by molar-refractivity contribution is 7.73.